The van der Waals surface area contributed by atoms with E-state index in [2.05, 4.69) is 25.3 Å². The van der Waals surface area contributed by atoms with Gasteiger partial charge in [0.2, 0.25) is 0 Å². The van der Waals surface area contributed by atoms with Crippen molar-refractivity contribution in [1.82, 2.24) is 0 Å². The highest BCUT2D eigenvalue weighted by Gasteiger charge is 2.08. The maximum absolute atomic E-state index is 5.81. The van der Waals surface area contributed by atoms with Crippen molar-refractivity contribution in [2.24, 2.45) is 0 Å². The van der Waals surface area contributed by atoms with Gasteiger partial charge in [-0.25, -0.2) is 0 Å². The molecule has 0 aliphatic rings. The maximum Gasteiger partial charge on any atom is 0.128 e. The Balaban J connectivity index is 3.79. The first-order valence-corrected chi connectivity index (χ1v) is 11.5. The molecule has 0 spiro atoms. The van der Waals surface area contributed by atoms with Crippen molar-refractivity contribution in [3.05, 3.63) is 37.5 Å². The van der Waals surface area contributed by atoms with Gasteiger partial charge in [-0.15, -0.1) is 13.2 Å². The van der Waals surface area contributed by atoms with Gasteiger partial charge in [-0.05, 0) is 25.9 Å². The second kappa shape index (κ2) is 12.9. The molecule has 0 aromatic carbocycles. The summed E-state index contributed by atoms with van der Waals surface area (Å²) >= 11 is 11.6. The van der Waals surface area contributed by atoms with Crippen LogP contribution >= 0.6 is 23.2 Å². The fourth-order valence-electron chi connectivity index (χ4n) is 1.72. The third kappa shape index (κ3) is 11.9. The number of hydrogen-bond acceptors (Lipinski definition) is 2. The van der Waals surface area contributed by atoms with E-state index in [4.69, 9.17) is 32.7 Å². The molecule has 0 amide bonds. The molecule has 0 aliphatic carbocycles. The van der Waals surface area contributed by atoms with Gasteiger partial charge in [-0.3, -0.25) is 0 Å². The predicted molar refractivity (Wildman–Crippen MR) is 96.6 cm³/mol. The Kier molecular flexibility index (Phi) is 13.0. The van der Waals surface area contributed by atoms with E-state index in [-0.39, 0.29) is 41.6 Å². The minimum Gasteiger partial charge on any atom is -0.360 e. The van der Waals surface area contributed by atoms with Crippen LogP contribution in [0.25, 0.3) is 0 Å². The van der Waals surface area contributed by atoms with Crippen LogP contribution in [-0.2, 0) is 9.47 Å². The van der Waals surface area contributed by atoms with Crippen LogP contribution in [0.4, 0.5) is 0 Å². The minimum atomic E-state index is -0.357. The van der Waals surface area contributed by atoms with Gasteiger partial charge in [0, 0.05) is 0 Å². The summed E-state index contributed by atoms with van der Waals surface area (Å²) in [6.45, 7) is 11.2. The summed E-state index contributed by atoms with van der Waals surface area (Å²) in [5.74, 6) is 0. The van der Waals surface area contributed by atoms with E-state index < -0.39 is 0 Å². The Morgan fingerprint density at radius 1 is 0.900 bits per heavy atom. The zero-order valence-corrected chi connectivity index (χ0v) is 16.8. The predicted octanol–water partition coefficient (Wildman–Crippen LogP) is 2.94. The molecule has 0 bridgehead atoms. The number of alkyl halides is 2. The maximum atomic E-state index is 5.81. The Hall–Kier alpha value is 0.154. The Bertz CT molecular complexity index is 269. The van der Waals surface area contributed by atoms with Crippen LogP contribution in [0.2, 0.25) is 12.1 Å². The summed E-state index contributed by atoms with van der Waals surface area (Å²) in [4.78, 5) is 0. The fraction of sp³-hybridized carbons (Fsp3) is 0.571. The first kappa shape index (κ1) is 20.2. The number of rotatable bonds is 12. The second-order valence-electron chi connectivity index (χ2n) is 4.53. The van der Waals surface area contributed by atoms with Gasteiger partial charge < -0.3 is 9.47 Å². The van der Waals surface area contributed by atoms with E-state index >= 15 is 0 Å². The lowest BCUT2D eigenvalue weighted by Gasteiger charge is -2.14. The van der Waals surface area contributed by atoms with Crippen molar-refractivity contribution in [2.45, 2.75) is 48.5 Å². The normalized spacial score (nSPS) is 18.8. The number of allylic oxidation sites excluding steroid dienone is 2. The van der Waals surface area contributed by atoms with Gasteiger partial charge >= 0.3 is 0 Å². The lowest BCUT2D eigenvalue weighted by Crippen LogP contribution is -2.21. The molecule has 0 radical (unpaired) electrons. The van der Waals surface area contributed by atoms with Crippen LogP contribution in [0, 0.1) is 0 Å². The van der Waals surface area contributed by atoms with Gasteiger partial charge in [0.1, 0.15) is 11.1 Å². The molecule has 0 saturated carbocycles. The number of hydrogen-bond donors (Lipinski definition) is 0. The first-order chi connectivity index (χ1) is 9.49. The molecule has 2 nitrogen and oxygen atoms in total. The van der Waals surface area contributed by atoms with Gasteiger partial charge in [0.25, 0.3) is 0 Å². The third-order valence-electron chi connectivity index (χ3n) is 2.65. The van der Waals surface area contributed by atoms with E-state index in [0.717, 1.165) is 12.1 Å². The SMILES string of the molecule is C=CC(OC(C)Cl)[SiH2]CC=CC[SiH2]C(C=C)OC(C)Cl. The van der Waals surface area contributed by atoms with Gasteiger partial charge in [-0.2, -0.15) is 0 Å². The lowest BCUT2D eigenvalue weighted by molar-refractivity contribution is 0.118. The van der Waals surface area contributed by atoms with Crippen LogP contribution in [0.1, 0.15) is 13.8 Å². The Morgan fingerprint density at radius 3 is 1.50 bits per heavy atom. The molecule has 0 fully saturated rings. The molecular weight excluding hydrogens is 327 g/mol. The average molecular weight is 353 g/mol. The quantitative estimate of drug-likeness (QED) is 0.305. The van der Waals surface area contributed by atoms with Crippen LogP contribution in [0.15, 0.2) is 37.5 Å². The summed E-state index contributed by atoms with van der Waals surface area (Å²) in [6, 6.07) is 2.19. The molecule has 0 heterocycles. The highest BCUT2D eigenvalue weighted by atomic mass is 35.5. The zero-order chi connectivity index (χ0) is 15.4. The smallest absolute Gasteiger partial charge is 0.128 e. The third-order valence-corrected chi connectivity index (χ3v) is 6.38. The van der Waals surface area contributed by atoms with E-state index in [9.17, 15) is 0 Å². The molecule has 6 heteroatoms. The fourth-order valence-corrected chi connectivity index (χ4v) is 5.06. The zero-order valence-electron chi connectivity index (χ0n) is 12.4. The highest BCUT2D eigenvalue weighted by Crippen LogP contribution is 2.06. The van der Waals surface area contributed by atoms with Crippen molar-refractivity contribution in [2.75, 3.05) is 0 Å². The largest absolute Gasteiger partial charge is 0.360 e. The van der Waals surface area contributed by atoms with Crippen LogP contribution in [0.3, 0.4) is 0 Å². The van der Waals surface area contributed by atoms with E-state index in [1.165, 1.54) is 0 Å². The number of ether oxygens (including phenoxy) is 2. The monoisotopic (exact) mass is 352 g/mol. The molecule has 0 saturated heterocycles. The molecule has 4 atom stereocenters. The van der Waals surface area contributed by atoms with Crippen molar-refractivity contribution < 1.29 is 9.47 Å². The summed E-state index contributed by atoms with van der Waals surface area (Å²) < 4.78 is 11.1. The van der Waals surface area contributed by atoms with Crippen molar-refractivity contribution in [3.8, 4) is 0 Å². The van der Waals surface area contributed by atoms with Gasteiger partial charge in [0.05, 0.1) is 30.5 Å². The minimum absolute atomic E-state index is 0.158. The van der Waals surface area contributed by atoms with Crippen molar-refractivity contribution >= 4 is 42.2 Å². The second-order valence-corrected chi connectivity index (χ2v) is 9.68. The summed E-state index contributed by atoms with van der Waals surface area (Å²) in [6.07, 6.45) is 8.19. The molecule has 20 heavy (non-hydrogen) atoms. The molecule has 0 rings (SSSR count). The molecule has 0 aromatic heterocycles. The molecule has 116 valence electrons. The summed E-state index contributed by atoms with van der Waals surface area (Å²) in [5, 5.41) is 0. The van der Waals surface area contributed by atoms with Crippen LogP contribution in [0.5, 0.6) is 0 Å². The first-order valence-electron chi connectivity index (χ1n) is 6.98. The summed E-state index contributed by atoms with van der Waals surface area (Å²) in [7, 11) is -0.714. The van der Waals surface area contributed by atoms with E-state index in [1.54, 1.807) is 0 Å². The van der Waals surface area contributed by atoms with Gasteiger partial charge in [0.15, 0.2) is 0 Å². The Labute approximate surface area is 137 Å². The van der Waals surface area contributed by atoms with Gasteiger partial charge in [-0.1, -0.05) is 47.5 Å². The van der Waals surface area contributed by atoms with E-state index in [0.29, 0.717) is 0 Å². The highest BCUT2D eigenvalue weighted by molar-refractivity contribution is 6.39. The van der Waals surface area contributed by atoms with Crippen LogP contribution in [-0.4, -0.2) is 41.6 Å². The standard InChI is InChI=1S/C14H26Cl2O2Si2/c1-5-13(17-11(3)15)19-9-7-8-10-20-14(6-2)18-12(4)16/h5-8,11-14H,1-2,9-10,19-20H2,3-4H3. The van der Waals surface area contributed by atoms with Crippen molar-refractivity contribution in [1.29, 1.82) is 0 Å². The Morgan fingerprint density at radius 2 is 1.25 bits per heavy atom. The average Bonchev–Trinajstić information content (AvgIpc) is 2.38. The summed E-state index contributed by atoms with van der Waals surface area (Å²) in [5.41, 5.74) is -0.175. The lowest BCUT2D eigenvalue weighted by atomic mass is 10.6. The molecule has 4 unspecified atom stereocenters. The topological polar surface area (TPSA) is 18.5 Å². The van der Waals surface area contributed by atoms with Crippen molar-refractivity contribution in [3.63, 3.8) is 0 Å². The van der Waals surface area contributed by atoms with Crippen LogP contribution < -0.4 is 0 Å². The molecule has 0 N–H and O–H groups in total. The molecular formula is C14H26Cl2O2Si2. The molecule has 0 aromatic rings. The number of halogens is 2. The molecule has 0 aliphatic heterocycles. The van der Waals surface area contributed by atoms with E-state index in [1.807, 2.05) is 26.0 Å².